The minimum absolute atomic E-state index is 0.0756. The summed E-state index contributed by atoms with van der Waals surface area (Å²) in [6.07, 6.45) is 2.24. The van der Waals surface area contributed by atoms with Crippen LogP contribution in [0.5, 0.6) is 11.5 Å². The van der Waals surface area contributed by atoms with Crippen molar-refractivity contribution in [3.63, 3.8) is 0 Å². The van der Waals surface area contributed by atoms with Crippen molar-refractivity contribution in [2.75, 3.05) is 26.3 Å². The first-order valence-electron chi connectivity index (χ1n) is 9.48. The molecule has 0 bridgehead atoms. The first-order valence-corrected chi connectivity index (χ1v) is 10.9. The summed E-state index contributed by atoms with van der Waals surface area (Å²) in [5.41, 5.74) is 0.817. The Labute approximate surface area is 162 Å². The fourth-order valence-electron chi connectivity index (χ4n) is 3.60. The summed E-state index contributed by atoms with van der Waals surface area (Å²) in [6, 6.07) is 8.05. The van der Waals surface area contributed by atoms with Crippen molar-refractivity contribution in [1.29, 1.82) is 0 Å². The Morgan fingerprint density at radius 2 is 1.79 bits per heavy atom. The molecule has 1 aromatic heterocycles. The van der Waals surface area contributed by atoms with Crippen LogP contribution in [-0.4, -0.2) is 48.8 Å². The van der Waals surface area contributed by atoms with E-state index in [1.54, 1.807) is 24.3 Å². The van der Waals surface area contributed by atoms with Crippen LogP contribution in [0.1, 0.15) is 24.5 Å². The topological polar surface area (TPSA) is 90.7 Å². The third-order valence-corrected chi connectivity index (χ3v) is 7.22. The maximum Gasteiger partial charge on any atom is 0.266 e. The highest BCUT2D eigenvalue weighted by Gasteiger charge is 2.38. The number of ether oxygens (including phenoxy) is 2. The molecule has 2 fully saturated rings. The molecule has 5 rings (SSSR count). The zero-order valence-corrected chi connectivity index (χ0v) is 16.1. The second-order valence-electron chi connectivity index (χ2n) is 7.55. The van der Waals surface area contributed by atoms with Gasteiger partial charge in [0.1, 0.15) is 13.2 Å². The standard InChI is InChI=1S/C19H21N3O5S/c23-19-6-4-16(14-1-2-14)20-22(19)12-13-10-21(11-13)28(24,25)15-3-5-17-18(9-15)27-8-7-26-17/h3-6,9,13-14H,1-2,7-8,10-12H2. The van der Waals surface area contributed by atoms with Gasteiger partial charge in [0.2, 0.25) is 10.0 Å². The number of aromatic nitrogens is 2. The van der Waals surface area contributed by atoms with E-state index in [0.717, 1.165) is 18.5 Å². The van der Waals surface area contributed by atoms with Crippen molar-refractivity contribution in [1.82, 2.24) is 14.1 Å². The lowest BCUT2D eigenvalue weighted by Gasteiger charge is -2.38. The normalized spacial score (nSPS) is 20.0. The van der Waals surface area contributed by atoms with Gasteiger partial charge >= 0.3 is 0 Å². The quantitative estimate of drug-likeness (QED) is 0.745. The van der Waals surface area contributed by atoms with Gasteiger partial charge in [-0.3, -0.25) is 4.79 Å². The number of rotatable bonds is 5. The predicted molar refractivity (Wildman–Crippen MR) is 100 cm³/mol. The molecule has 0 spiro atoms. The fourth-order valence-corrected chi connectivity index (χ4v) is 5.21. The van der Waals surface area contributed by atoms with E-state index >= 15 is 0 Å². The van der Waals surface area contributed by atoms with Crippen LogP contribution in [0.3, 0.4) is 0 Å². The van der Waals surface area contributed by atoms with E-state index in [1.807, 2.05) is 0 Å². The Balaban J connectivity index is 1.27. The molecule has 28 heavy (non-hydrogen) atoms. The second kappa shape index (κ2) is 6.59. The third-order valence-electron chi connectivity index (χ3n) is 5.39. The number of fused-ring (bicyclic) bond motifs is 1. The number of hydrogen-bond acceptors (Lipinski definition) is 6. The van der Waals surface area contributed by atoms with Crippen LogP contribution >= 0.6 is 0 Å². The molecule has 2 aromatic rings. The van der Waals surface area contributed by atoms with E-state index < -0.39 is 10.0 Å². The van der Waals surface area contributed by atoms with E-state index in [2.05, 4.69) is 5.10 Å². The van der Waals surface area contributed by atoms with Crippen molar-refractivity contribution < 1.29 is 17.9 Å². The van der Waals surface area contributed by atoms with Gasteiger partial charge in [0.25, 0.3) is 5.56 Å². The molecular weight excluding hydrogens is 382 g/mol. The van der Waals surface area contributed by atoms with Crippen LogP contribution < -0.4 is 15.0 Å². The Hall–Kier alpha value is -2.39. The summed E-state index contributed by atoms with van der Waals surface area (Å²) in [5, 5.41) is 4.46. The molecule has 3 heterocycles. The molecule has 9 heteroatoms. The highest BCUT2D eigenvalue weighted by molar-refractivity contribution is 7.89. The van der Waals surface area contributed by atoms with E-state index in [1.165, 1.54) is 15.1 Å². The van der Waals surface area contributed by atoms with E-state index in [9.17, 15) is 13.2 Å². The van der Waals surface area contributed by atoms with Crippen molar-refractivity contribution in [3.8, 4) is 11.5 Å². The average Bonchev–Trinajstić information content (AvgIpc) is 3.50. The van der Waals surface area contributed by atoms with Crippen molar-refractivity contribution >= 4 is 10.0 Å². The van der Waals surface area contributed by atoms with Gasteiger partial charge in [-0.25, -0.2) is 13.1 Å². The van der Waals surface area contributed by atoms with Crippen molar-refractivity contribution in [3.05, 3.63) is 46.4 Å². The number of nitrogens with zero attached hydrogens (tertiary/aromatic N) is 3. The first-order chi connectivity index (χ1) is 13.5. The molecule has 148 valence electrons. The lowest BCUT2D eigenvalue weighted by Crippen LogP contribution is -2.52. The molecule has 0 atom stereocenters. The van der Waals surface area contributed by atoms with Crippen LogP contribution in [0.4, 0.5) is 0 Å². The molecule has 0 amide bonds. The molecule has 1 aromatic carbocycles. The summed E-state index contributed by atoms with van der Waals surface area (Å²) in [6.45, 7) is 2.05. The van der Waals surface area contributed by atoms with Gasteiger partial charge in [-0.1, -0.05) is 0 Å². The Kier molecular flexibility index (Phi) is 4.17. The maximum atomic E-state index is 12.9. The highest BCUT2D eigenvalue weighted by atomic mass is 32.2. The van der Waals surface area contributed by atoms with Crippen LogP contribution in [0.25, 0.3) is 0 Å². The van der Waals surface area contributed by atoms with Gasteiger partial charge in [-0.15, -0.1) is 0 Å². The van der Waals surface area contributed by atoms with Crippen molar-refractivity contribution in [2.45, 2.75) is 30.2 Å². The molecule has 1 saturated carbocycles. The van der Waals surface area contributed by atoms with Gasteiger partial charge in [0, 0.05) is 37.1 Å². The summed E-state index contributed by atoms with van der Waals surface area (Å²) < 4.78 is 39.6. The van der Waals surface area contributed by atoms with Gasteiger partial charge in [0.15, 0.2) is 11.5 Å². The number of hydrogen-bond donors (Lipinski definition) is 0. The Morgan fingerprint density at radius 1 is 1.04 bits per heavy atom. The first kappa shape index (κ1) is 17.7. The molecule has 1 aliphatic carbocycles. The molecule has 0 N–H and O–H groups in total. The molecule has 0 unspecified atom stereocenters. The smallest absolute Gasteiger partial charge is 0.266 e. The van der Waals surface area contributed by atoms with Gasteiger partial charge in [0.05, 0.1) is 17.1 Å². The molecule has 8 nitrogen and oxygen atoms in total. The average molecular weight is 403 g/mol. The van der Waals surface area contributed by atoms with Gasteiger partial charge in [-0.05, 0) is 31.0 Å². The molecular formula is C19H21N3O5S. The van der Waals surface area contributed by atoms with E-state index in [-0.39, 0.29) is 16.4 Å². The van der Waals surface area contributed by atoms with Crippen LogP contribution in [0.2, 0.25) is 0 Å². The third kappa shape index (κ3) is 3.18. The minimum atomic E-state index is -3.59. The zero-order valence-electron chi connectivity index (χ0n) is 15.3. The Morgan fingerprint density at radius 3 is 2.54 bits per heavy atom. The second-order valence-corrected chi connectivity index (χ2v) is 9.48. The lowest BCUT2D eigenvalue weighted by molar-refractivity contribution is 0.168. The van der Waals surface area contributed by atoms with E-state index in [4.69, 9.17) is 9.47 Å². The fraction of sp³-hybridized carbons (Fsp3) is 0.474. The molecule has 3 aliphatic rings. The predicted octanol–water partition coefficient (Wildman–Crippen LogP) is 1.21. The SMILES string of the molecule is O=c1ccc(C2CC2)nn1CC1CN(S(=O)(=O)c2ccc3c(c2)OCCO3)C1. The molecule has 2 aliphatic heterocycles. The Bertz CT molecular complexity index is 1070. The number of benzene rings is 1. The lowest BCUT2D eigenvalue weighted by atomic mass is 10.0. The van der Waals surface area contributed by atoms with E-state index in [0.29, 0.717) is 50.3 Å². The van der Waals surface area contributed by atoms with Crippen LogP contribution in [0.15, 0.2) is 40.0 Å². The van der Waals surface area contributed by atoms with Crippen molar-refractivity contribution in [2.24, 2.45) is 5.92 Å². The molecule has 1 saturated heterocycles. The summed E-state index contributed by atoms with van der Waals surface area (Å²) in [7, 11) is -3.59. The summed E-state index contributed by atoms with van der Waals surface area (Å²) >= 11 is 0. The summed E-state index contributed by atoms with van der Waals surface area (Å²) in [5.74, 6) is 1.57. The number of sulfonamides is 1. The zero-order chi connectivity index (χ0) is 19.3. The van der Waals surface area contributed by atoms with Gasteiger partial charge in [-0.2, -0.15) is 9.40 Å². The largest absolute Gasteiger partial charge is 0.486 e. The highest BCUT2D eigenvalue weighted by Crippen LogP contribution is 2.38. The molecule has 0 radical (unpaired) electrons. The van der Waals surface area contributed by atoms with Gasteiger partial charge < -0.3 is 9.47 Å². The summed E-state index contributed by atoms with van der Waals surface area (Å²) in [4.78, 5) is 12.3. The van der Waals surface area contributed by atoms with Crippen LogP contribution in [-0.2, 0) is 16.6 Å². The van der Waals surface area contributed by atoms with Crippen LogP contribution in [0, 0.1) is 5.92 Å². The maximum absolute atomic E-state index is 12.9. The minimum Gasteiger partial charge on any atom is -0.486 e. The monoisotopic (exact) mass is 403 g/mol.